The zero-order valence-electron chi connectivity index (χ0n) is 9.22. The van der Waals surface area contributed by atoms with Gasteiger partial charge in [0.1, 0.15) is 5.54 Å². The van der Waals surface area contributed by atoms with E-state index in [-0.39, 0.29) is 5.91 Å². The van der Waals surface area contributed by atoms with Gasteiger partial charge in [-0.3, -0.25) is 4.79 Å². The quantitative estimate of drug-likeness (QED) is 0.621. The number of primary amides is 1. The molecule has 0 atom stereocenters. The van der Waals surface area contributed by atoms with Gasteiger partial charge in [0, 0.05) is 6.04 Å². The van der Waals surface area contributed by atoms with Gasteiger partial charge >= 0.3 is 0 Å². The van der Waals surface area contributed by atoms with Crippen LogP contribution in [0.2, 0.25) is 0 Å². The molecule has 0 unspecified atom stereocenters. The second kappa shape index (κ2) is 4.49. The summed E-state index contributed by atoms with van der Waals surface area (Å²) in [7, 11) is 0. The van der Waals surface area contributed by atoms with Gasteiger partial charge in [0.15, 0.2) is 0 Å². The van der Waals surface area contributed by atoms with Gasteiger partial charge in [0.05, 0.1) is 0 Å². The van der Waals surface area contributed by atoms with E-state index in [0.29, 0.717) is 6.04 Å². The van der Waals surface area contributed by atoms with Crippen molar-refractivity contribution in [2.75, 3.05) is 13.1 Å². The monoisotopic (exact) mass is 211 g/mol. The molecule has 4 heteroatoms. The Kier molecular flexibility index (Phi) is 3.26. The molecule has 4 N–H and O–H groups in total. The lowest BCUT2D eigenvalue weighted by Gasteiger charge is -2.38. The summed E-state index contributed by atoms with van der Waals surface area (Å²) in [5.74, 6) is -0.170. The molecule has 1 saturated heterocycles. The van der Waals surface area contributed by atoms with E-state index >= 15 is 0 Å². The number of nitrogens with one attached hydrogen (secondary N) is 2. The van der Waals surface area contributed by atoms with Gasteiger partial charge in [0.25, 0.3) is 0 Å². The molecule has 1 aliphatic carbocycles. The van der Waals surface area contributed by atoms with Gasteiger partial charge < -0.3 is 16.4 Å². The fourth-order valence-corrected chi connectivity index (χ4v) is 2.78. The lowest BCUT2D eigenvalue weighted by molar-refractivity contribution is -0.125. The SMILES string of the molecule is NC(=O)C1(NC2CCCC2)CCNCC1. The van der Waals surface area contributed by atoms with Crippen LogP contribution in [-0.4, -0.2) is 30.6 Å². The third kappa shape index (κ3) is 2.32. The molecule has 1 heterocycles. The minimum atomic E-state index is -0.430. The zero-order chi connectivity index (χ0) is 10.7. The van der Waals surface area contributed by atoms with Crippen LogP contribution in [0.4, 0.5) is 0 Å². The molecule has 1 aliphatic heterocycles. The number of hydrogen-bond acceptors (Lipinski definition) is 3. The first-order chi connectivity index (χ1) is 7.23. The molecule has 0 aromatic heterocycles. The van der Waals surface area contributed by atoms with E-state index in [1.54, 1.807) is 0 Å². The van der Waals surface area contributed by atoms with Gasteiger partial charge in [-0.25, -0.2) is 0 Å². The van der Waals surface area contributed by atoms with E-state index in [1.807, 2.05) is 0 Å². The number of piperidine rings is 1. The van der Waals surface area contributed by atoms with E-state index in [2.05, 4.69) is 10.6 Å². The number of nitrogens with two attached hydrogens (primary N) is 1. The number of carbonyl (C=O) groups is 1. The minimum Gasteiger partial charge on any atom is -0.368 e. The summed E-state index contributed by atoms with van der Waals surface area (Å²) in [5.41, 5.74) is 5.12. The van der Waals surface area contributed by atoms with Crippen molar-refractivity contribution in [1.82, 2.24) is 10.6 Å². The van der Waals surface area contributed by atoms with Crippen LogP contribution in [0.15, 0.2) is 0 Å². The molecule has 2 rings (SSSR count). The highest BCUT2D eigenvalue weighted by Gasteiger charge is 2.39. The van der Waals surface area contributed by atoms with Crippen molar-refractivity contribution in [2.45, 2.75) is 50.1 Å². The Morgan fingerprint density at radius 2 is 1.87 bits per heavy atom. The van der Waals surface area contributed by atoms with Gasteiger partial charge in [-0.1, -0.05) is 12.8 Å². The van der Waals surface area contributed by atoms with Crippen LogP contribution in [0.5, 0.6) is 0 Å². The van der Waals surface area contributed by atoms with Crippen molar-refractivity contribution < 1.29 is 4.79 Å². The second-order valence-electron chi connectivity index (χ2n) is 4.82. The second-order valence-corrected chi connectivity index (χ2v) is 4.82. The minimum absolute atomic E-state index is 0.170. The first-order valence-electron chi connectivity index (χ1n) is 6.01. The first kappa shape index (κ1) is 10.9. The molecule has 0 bridgehead atoms. The van der Waals surface area contributed by atoms with E-state index < -0.39 is 5.54 Å². The van der Waals surface area contributed by atoms with E-state index in [4.69, 9.17) is 5.73 Å². The van der Waals surface area contributed by atoms with Crippen LogP contribution in [0.1, 0.15) is 38.5 Å². The Bertz CT molecular complexity index is 230. The summed E-state index contributed by atoms with van der Waals surface area (Å²) in [6.45, 7) is 1.78. The molecule has 0 aromatic carbocycles. The Labute approximate surface area is 91.0 Å². The Hall–Kier alpha value is -0.610. The summed E-state index contributed by atoms with van der Waals surface area (Å²) < 4.78 is 0. The third-order valence-corrected chi connectivity index (χ3v) is 3.76. The molecule has 0 aromatic rings. The largest absolute Gasteiger partial charge is 0.368 e. The van der Waals surface area contributed by atoms with Crippen LogP contribution in [-0.2, 0) is 4.79 Å². The van der Waals surface area contributed by atoms with Crippen LogP contribution in [0.25, 0.3) is 0 Å². The standard InChI is InChI=1S/C11H21N3O/c12-10(15)11(5-7-13-8-6-11)14-9-3-1-2-4-9/h9,13-14H,1-8H2,(H2,12,15). The normalized spacial score (nSPS) is 26.7. The predicted molar refractivity (Wildman–Crippen MR) is 59.4 cm³/mol. The average molecular weight is 211 g/mol. The van der Waals surface area contributed by atoms with Crippen LogP contribution in [0.3, 0.4) is 0 Å². The number of amides is 1. The molecule has 4 nitrogen and oxygen atoms in total. The smallest absolute Gasteiger partial charge is 0.237 e. The van der Waals surface area contributed by atoms with Gasteiger partial charge in [-0.15, -0.1) is 0 Å². The van der Waals surface area contributed by atoms with Crippen molar-refractivity contribution in [3.63, 3.8) is 0 Å². The first-order valence-corrected chi connectivity index (χ1v) is 6.01. The molecule has 86 valence electrons. The fraction of sp³-hybridized carbons (Fsp3) is 0.909. The Morgan fingerprint density at radius 3 is 2.40 bits per heavy atom. The maximum Gasteiger partial charge on any atom is 0.237 e. The molecular formula is C11H21N3O. The molecular weight excluding hydrogens is 190 g/mol. The number of carbonyl (C=O) groups excluding carboxylic acids is 1. The molecule has 0 radical (unpaired) electrons. The molecule has 1 amide bonds. The van der Waals surface area contributed by atoms with E-state index in [1.165, 1.54) is 25.7 Å². The van der Waals surface area contributed by atoms with Crippen molar-refractivity contribution in [1.29, 1.82) is 0 Å². The topological polar surface area (TPSA) is 67.2 Å². The summed E-state index contributed by atoms with van der Waals surface area (Å²) in [4.78, 5) is 11.6. The van der Waals surface area contributed by atoms with E-state index in [9.17, 15) is 4.79 Å². The van der Waals surface area contributed by atoms with E-state index in [0.717, 1.165) is 25.9 Å². The maximum absolute atomic E-state index is 11.6. The molecule has 2 fully saturated rings. The van der Waals surface area contributed by atoms with Gasteiger partial charge in [0.2, 0.25) is 5.91 Å². The van der Waals surface area contributed by atoms with Crippen LogP contribution >= 0.6 is 0 Å². The van der Waals surface area contributed by atoms with Crippen LogP contribution < -0.4 is 16.4 Å². The highest BCUT2D eigenvalue weighted by atomic mass is 16.1. The summed E-state index contributed by atoms with van der Waals surface area (Å²) in [6.07, 6.45) is 6.62. The van der Waals surface area contributed by atoms with Crippen molar-refractivity contribution >= 4 is 5.91 Å². The summed E-state index contributed by atoms with van der Waals surface area (Å²) >= 11 is 0. The third-order valence-electron chi connectivity index (χ3n) is 3.76. The number of rotatable bonds is 3. The van der Waals surface area contributed by atoms with Gasteiger partial charge in [-0.2, -0.15) is 0 Å². The number of hydrogen-bond donors (Lipinski definition) is 3. The molecule has 15 heavy (non-hydrogen) atoms. The highest BCUT2D eigenvalue weighted by molar-refractivity contribution is 5.84. The highest BCUT2D eigenvalue weighted by Crippen LogP contribution is 2.25. The Balaban J connectivity index is 2.00. The maximum atomic E-state index is 11.6. The summed E-state index contributed by atoms with van der Waals surface area (Å²) in [5, 5.41) is 6.79. The van der Waals surface area contributed by atoms with Crippen molar-refractivity contribution in [2.24, 2.45) is 5.73 Å². The lowest BCUT2D eigenvalue weighted by atomic mass is 9.86. The van der Waals surface area contributed by atoms with Crippen molar-refractivity contribution in [3.05, 3.63) is 0 Å². The zero-order valence-corrected chi connectivity index (χ0v) is 9.22. The molecule has 1 saturated carbocycles. The molecule has 0 spiro atoms. The van der Waals surface area contributed by atoms with Gasteiger partial charge in [-0.05, 0) is 38.8 Å². The fourth-order valence-electron chi connectivity index (χ4n) is 2.78. The lowest BCUT2D eigenvalue weighted by Crippen LogP contribution is -2.62. The summed E-state index contributed by atoms with van der Waals surface area (Å²) in [6, 6.07) is 0.510. The van der Waals surface area contributed by atoms with Crippen LogP contribution in [0, 0.1) is 0 Å². The Morgan fingerprint density at radius 1 is 1.27 bits per heavy atom. The predicted octanol–water partition coefficient (Wildman–Crippen LogP) is 0.126. The average Bonchev–Trinajstić information content (AvgIpc) is 2.71. The van der Waals surface area contributed by atoms with Crippen molar-refractivity contribution in [3.8, 4) is 0 Å². The molecule has 2 aliphatic rings.